The maximum absolute atomic E-state index is 5.93. The molecule has 0 radical (unpaired) electrons. The molecule has 0 bridgehead atoms. The third kappa shape index (κ3) is 2.10. The van der Waals surface area contributed by atoms with Crippen LogP contribution in [0.15, 0.2) is 48.5 Å². The molecule has 0 aromatic heterocycles. The maximum Gasteiger partial charge on any atom is 0.0727 e. The highest BCUT2D eigenvalue weighted by molar-refractivity contribution is 8.80. The third-order valence-electron chi connectivity index (χ3n) is 3.74. The van der Waals surface area contributed by atoms with Gasteiger partial charge < -0.3 is 4.74 Å². The Morgan fingerprint density at radius 1 is 0.800 bits per heavy atom. The van der Waals surface area contributed by atoms with Crippen LogP contribution in [-0.2, 0) is 18.0 Å². The van der Waals surface area contributed by atoms with Crippen molar-refractivity contribution in [3.63, 3.8) is 0 Å². The first-order valence-electron chi connectivity index (χ1n) is 6.70. The third-order valence-corrected chi connectivity index (χ3v) is 6.10. The van der Waals surface area contributed by atoms with Gasteiger partial charge in [0.15, 0.2) is 0 Å². The van der Waals surface area contributed by atoms with Crippen molar-refractivity contribution in [2.75, 3.05) is 5.75 Å². The first-order chi connectivity index (χ1) is 9.93. The molecule has 2 aliphatic rings. The molecule has 20 heavy (non-hydrogen) atoms. The number of ether oxygens (including phenoxy) is 1. The Morgan fingerprint density at radius 3 is 2.25 bits per heavy atom. The van der Waals surface area contributed by atoms with Gasteiger partial charge in [0, 0.05) is 10.7 Å². The Labute approximate surface area is 126 Å². The highest BCUT2D eigenvalue weighted by Crippen LogP contribution is 2.52. The quantitative estimate of drug-likeness (QED) is 0.635. The molecule has 0 fully saturated rings. The Bertz CT molecular complexity index is 633. The SMILES string of the molecule is c1ccc2c(c1)COCc1ccccc1C1=C2CSS1. The van der Waals surface area contributed by atoms with E-state index in [0.717, 1.165) is 5.75 Å². The Morgan fingerprint density at radius 2 is 1.45 bits per heavy atom. The maximum atomic E-state index is 5.93. The average Bonchev–Trinajstić information content (AvgIpc) is 2.98. The van der Waals surface area contributed by atoms with Gasteiger partial charge in [-0.2, -0.15) is 0 Å². The fourth-order valence-electron chi connectivity index (χ4n) is 2.75. The molecule has 0 unspecified atom stereocenters. The summed E-state index contributed by atoms with van der Waals surface area (Å²) >= 11 is 0. The molecule has 0 spiro atoms. The number of fused-ring (bicyclic) bond motifs is 4. The van der Waals surface area contributed by atoms with Gasteiger partial charge in [0.25, 0.3) is 0 Å². The number of hydrogen-bond donors (Lipinski definition) is 0. The van der Waals surface area contributed by atoms with E-state index in [2.05, 4.69) is 48.5 Å². The van der Waals surface area contributed by atoms with Crippen molar-refractivity contribution in [1.29, 1.82) is 0 Å². The fourth-order valence-corrected chi connectivity index (χ4v) is 5.46. The lowest BCUT2D eigenvalue weighted by Crippen LogP contribution is -1.97. The molecule has 2 heterocycles. The number of benzene rings is 2. The van der Waals surface area contributed by atoms with Crippen LogP contribution in [-0.4, -0.2) is 5.75 Å². The summed E-state index contributed by atoms with van der Waals surface area (Å²) in [6, 6.07) is 17.3. The zero-order chi connectivity index (χ0) is 13.4. The van der Waals surface area contributed by atoms with Crippen LogP contribution < -0.4 is 0 Å². The largest absolute Gasteiger partial charge is 0.372 e. The summed E-state index contributed by atoms with van der Waals surface area (Å²) in [5.74, 6) is 1.07. The molecule has 3 heteroatoms. The van der Waals surface area contributed by atoms with Crippen molar-refractivity contribution in [3.05, 3.63) is 70.8 Å². The Kier molecular flexibility index (Phi) is 3.34. The minimum absolute atomic E-state index is 0.687. The lowest BCUT2D eigenvalue weighted by atomic mass is 9.98. The van der Waals surface area contributed by atoms with Crippen molar-refractivity contribution < 1.29 is 4.74 Å². The van der Waals surface area contributed by atoms with E-state index in [9.17, 15) is 0 Å². The minimum atomic E-state index is 0.687. The van der Waals surface area contributed by atoms with E-state index < -0.39 is 0 Å². The van der Waals surface area contributed by atoms with Gasteiger partial charge in [0.05, 0.1) is 13.2 Å². The molecule has 0 N–H and O–H groups in total. The zero-order valence-electron chi connectivity index (χ0n) is 11.0. The highest BCUT2D eigenvalue weighted by atomic mass is 33.1. The van der Waals surface area contributed by atoms with Crippen LogP contribution in [0.4, 0.5) is 0 Å². The van der Waals surface area contributed by atoms with Crippen LogP contribution in [0.5, 0.6) is 0 Å². The Balaban J connectivity index is 1.97. The van der Waals surface area contributed by atoms with Crippen LogP contribution in [0, 0.1) is 0 Å². The first-order valence-corrected chi connectivity index (χ1v) is 9.02. The number of hydrogen-bond acceptors (Lipinski definition) is 3. The van der Waals surface area contributed by atoms with Gasteiger partial charge in [-0.05, 0) is 27.8 Å². The molecule has 0 saturated carbocycles. The summed E-state index contributed by atoms with van der Waals surface area (Å²) in [5.41, 5.74) is 6.76. The van der Waals surface area contributed by atoms with Crippen molar-refractivity contribution in [2.45, 2.75) is 13.2 Å². The second-order valence-electron chi connectivity index (χ2n) is 4.96. The van der Waals surface area contributed by atoms with Gasteiger partial charge in [-0.15, -0.1) is 0 Å². The molecular formula is C17H14OS2. The van der Waals surface area contributed by atoms with Gasteiger partial charge in [0.2, 0.25) is 0 Å². The Hall–Kier alpha value is -1.16. The second kappa shape index (κ2) is 5.32. The fraction of sp³-hybridized carbons (Fsp3) is 0.176. The van der Waals surface area contributed by atoms with Gasteiger partial charge in [-0.25, -0.2) is 0 Å². The van der Waals surface area contributed by atoms with Gasteiger partial charge in [0.1, 0.15) is 0 Å². The van der Waals surface area contributed by atoms with E-state index in [-0.39, 0.29) is 0 Å². The van der Waals surface area contributed by atoms with Crippen LogP contribution in [0.25, 0.3) is 10.5 Å². The summed E-state index contributed by atoms with van der Waals surface area (Å²) in [5, 5.41) is 0. The van der Waals surface area contributed by atoms with E-state index >= 15 is 0 Å². The van der Waals surface area contributed by atoms with E-state index in [0.29, 0.717) is 13.2 Å². The van der Waals surface area contributed by atoms with Crippen molar-refractivity contribution in [2.24, 2.45) is 0 Å². The summed E-state index contributed by atoms with van der Waals surface area (Å²) in [4.78, 5) is 1.42. The normalized spacial score (nSPS) is 17.6. The number of rotatable bonds is 0. The smallest absolute Gasteiger partial charge is 0.0727 e. The van der Waals surface area contributed by atoms with Crippen LogP contribution in [0.3, 0.4) is 0 Å². The molecule has 0 amide bonds. The molecule has 100 valence electrons. The van der Waals surface area contributed by atoms with E-state index in [1.165, 1.54) is 32.7 Å². The standard InChI is InChI=1S/C17H14OS2/c1-3-7-14-12(5-1)9-18-10-13-6-2-4-8-15(13)17-16(14)11-19-20-17/h1-8H,9-11H2. The van der Waals surface area contributed by atoms with E-state index in [1.807, 2.05) is 21.6 Å². The minimum Gasteiger partial charge on any atom is -0.372 e. The van der Waals surface area contributed by atoms with Gasteiger partial charge in [-0.3, -0.25) is 0 Å². The second-order valence-corrected chi connectivity index (χ2v) is 7.27. The molecule has 0 aliphatic carbocycles. The van der Waals surface area contributed by atoms with Crippen molar-refractivity contribution in [1.82, 2.24) is 0 Å². The summed E-state index contributed by atoms with van der Waals surface area (Å²) in [7, 11) is 3.84. The van der Waals surface area contributed by atoms with Crippen molar-refractivity contribution in [3.8, 4) is 0 Å². The summed E-state index contributed by atoms with van der Waals surface area (Å²) < 4.78 is 5.93. The zero-order valence-corrected chi connectivity index (χ0v) is 12.6. The molecule has 4 rings (SSSR count). The summed E-state index contributed by atoms with van der Waals surface area (Å²) in [6.07, 6.45) is 0. The molecular weight excluding hydrogens is 284 g/mol. The average molecular weight is 298 g/mol. The predicted octanol–water partition coefficient (Wildman–Crippen LogP) is 4.98. The molecule has 2 aliphatic heterocycles. The predicted molar refractivity (Wildman–Crippen MR) is 88.2 cm³/mol. The van der Waals surface area contributed by atoms with Gasteiger partial charge >= 0.3 is 0 Å². The highest BCUT2D eigenvalue weighted by Gasteiger charge is 2.23. The summed E-state index contributed by atoms with van der Waals surface area (Å²) in [6.45, 7) is 1.38. The lowest BCUT2D eigenvalue weighted by Gasteiger charge is -2.10. The van der Waals surface area contributed by atoms with Crippen LogP contribution in [0.2, 0.25) is 0 Å². The van der Waals surface area contributed by atoms with Gasteiger partial charge in [-0.1, -0.05) is 70.1 Å². The topological polar surface area (TPSA) is 9.23 Å². The van der Waals surface area contributed by atoms with E-state index in [1.54, 1.807) is 0 Å². The molecule has 1 nitrogen and oxygen atoms in total. The van der Waals surface area contributed by atoms with Crippen LogP contribution >= 0.6 is 21.6 Å². The van der Waals surface area contributed by atoms with Crippen LogP contribution in [0.1, 0.15) is 22.3 Å². The van der Waals surface area contributed by atoms with Crippen molar-refractivity contribution >= 4 is 32.1 Å². The molecule has 0 saturated heterocycles. The van der Waals surface area contributed by atoms with E-state index in [4.69, 9.17) is 4.74 Å². The first kappa shape index (κ1) is 12.6. The monoisotopic (exact) mass is 298 g/mol. The molecule has 0 atom stereocenters. The lowest BCUT2D eigenvalue weighted by molar-refractivity contribution is 0.107. The molecule has 2 aromatic carbocycles. The molecule has 2 aromatic rings.